The quantitative estimate of drug-likeness (QED) is 0.384. The van der Waals surface area contributed by atoms with Gasteiger partial charge in [0.15, 0.2) is 0 Å². The van der Waals surface area contributed by atoms with Gasteiger partial charge >= 0.3 is 5.69 Å². The number of fused-ring (bicyclic) bond motifs is 1. The molecule has 0 atom stereocenters. The molecule has 0 saturated carbocycles. The van der Waals surface area contributed by atoms with Gasteiger partial charge in [-0.25, -0.2) is 4.79 Å². The Morgan fingerprint density at radius 1 is 0.872 bits per heavy atom. The maximum atomic E-state index is 13.5. The van der Waals surface area contributed by atoms with Crippen molar-refractivity contribution in [3.63, 3.8) is 0 Å². The zero-order chi connectivity index (χ0) is 27.2. The molecule has 0 unspecified atom stereocenters. The Morgan fingerprint density at radius 2 is 1.56 bits per heavy atom. The Bertz CT molecular complexity index is 1630. The van der Waals surface area contributed by atoms with E-state index in [0.29, 0.717) is 22.0 Å². The predicted molar refractivity (Wildman–Crippen MR) is 150 cm³/mol. The third-order valence-corrected chi connectivity index (χ3v) is 7.36. The number of nitrogens with one attached hydrogen (secondary N) is 1. The van der Waals surface area contributed by atoms with E-state index >= 15 is 0 Å². The minimum atomic E-state index is -0.492. The summed E-state index contributed by atoms with van der Waals surface area (Å²) in [5, 5.41) is 13.0. The number of likely N-dealkylation sites (tertiary alicyclic amines) is 1. The number of aromatic nitrogens is 2. The molecular weight excluding hydrogens is 490 g/mol. The van der Waals surface area contributed by atoms with E-state index in [0.717, 1.165) is 37.0 Å². The standard InChI is InChI=1S/C31H31N5O3/c32-20-24-10-4-5-11-25(24)22-36-28-13-7-6-12-27(28)30(38)35(31(36)39)19-16-29(37)33-26-14-17-34(18-15-26)21-23-8-2-1-3-9-23/h1-13,26H,14-19,21-22H2,(H,33,37). The van der Waals surface area contributed by atoms with Gasteiger partial charge in [-0.3, -0.25) is 23.6 Å². The molecule has 0 bridgehead atoms. The molecule has 8 nitrogen and oxygen atoms in total. The van der Waals surface area contributed by atoms with Crippen molar-refractivity contribution in [1.29, 1.82) is 5.26 Å². The van der Waals surface area contributed by atoms with Crippen molar-refractivity contribution < 1.29 is 4.79 Å². The second-order valence-corrected chi connectivity index (χ2v) is 9.97. The number of amides is 1. The molecule has 4 aromatic rings. The summed E-state index contributed by atoms with van der Waals surface area (Å²) in [4.78, 5) is 41.9. The average Bonchev–Trinajstić information content (AvgIpc) is 2.97. The number of carbonyl (C=O) groups is 1. The van der Waals surface area contributed by atoms with Gasteiger partial charge in [0.25, 0.3) is 5.56 Å². The summed E-state index contributed by atoms with van der Waals surface area (Å²) in [5.74, 6) is -0.169. The number of nitrogens with zero attached hydrogens (tertiary/aromatic N) is 4. The molecule has 1 aliphatic heterocycles. The van der Waals surface area contributed by atoms with Crippen LogP contribution in [-0.2, 0) is 24.4 Å². The summed E-state index contributed by atoms with van der Waals surface area (Å²) < 4.78 is 2.65. The first-order valence-electron chi connectivity index (χ1n) is 13.3. The van der Waals surface area contributed by atoms with Crippen LogP contribution in [0.2, 0.25) is 0 Å². The van der Waals surface area contributed by atoms with Gasteiger partial charge < -0.3 is 5.32 Å². The highest BCUT2D eigenvalue weighted by molar-refractivity contribution is 5.78. The van der Waals surface area contributed by atoms with Gasteiger partial charge in [0.05, 0.1) is 29.1 Å². The molecule has 3 aromatic carbocycles. The number of para-hydroxylation sites is 1. The number of hydrogen-bond acceptors (Lipinski definition) is 5. The van der Waals surface area contributed by atoms with Crippen LogP contribution in [0.1, 0.15) is 36.0 Å². The van der Waals surface area contributed by atoms with Crippen molar-refractivity contribution in [2.24, 2.45) is 0 Å². The van der Waals surface area contributed by atoms with Gasteiger partial charge in [-0.2, -0.15) is 5.26 Å². The molecule has 1 N–H and O–H groups in total. The predicted octanol–water partition coefficient (Wildman–Crippen LogP) is 3.25. The zero-order valence-corrected chi connectivity index (χ0v) is 21.8. The van der Waals surface area contributed by atoms with Crippen LogP contribution in [0, 0.1) is 11.3 Å². The number of carbonyl (C=O) groups excluding carboxylic acids is 1. The number of benzene rings is 3. The molecule has 0 radical (unpaired) electrons. The van der Waals surface area contributed by atoms with Crippen molar-refractivity contribution in [2.45, 2.75) is 44.9 Å². The van der Waals surface area contributed by atoms with E-state index in [1.165, 1.54) is 10.1 Å². The molecular formula is C31H31N5O3. The van der Waals surface area contributed by atoms with Crippen molar-refractivity contribution >= 4 is 16.8 Å². The van der Waals surface area contributed by atoms with E-state index in [2.05, 4.69) is 28.4 Å². The lowest BCUT2D eigenvalue weighted by Crippen LogP contribution is -2.45. The molecule has 1 saturated heterocycles. The van der Waals surface area contributed by atoms with Gasteiger partial charge in [-0.15, -0.1) is 0 Å². The van der Waals surface area contributed by atoms with Crippen molar-refractivity contribution in [2.75, 3.05) is 13.1 Å². The van der Waals surface area contributed by atoms with Crippen molar-refractivity contribution in [1.82, 2.24) is 19.4 Å². The van der Waals surface area contributed by atoms with Gasteiger partial charge in [0.1, 0.15) is 0 Å². The third kappa shape index (κ3) is 6.00. The van der Waals surface area contributed by atoms with E-state index in [1.54, 1.807) is 42.5 Å². The van der Waals surface area contributed by atoms with E-state index < -0.39 is 11.2 Å². The first-order chi connectivity index (χ1) is 19.0. The smallest absolute Gasteiger partial charge is 0.331 e. The Morgan fingerprint density at radius 3 is 2.33 bits per heavy atom. The largest absolute Gasteiger partial charge is 0.353 e. The molecule has 1 aromatic heterocycles. The second-order valence-electron chi connectivity index (χ2n) is 9.97. The van der Waals surface area contributed by atoms with Crippen LogP contribution >= 0.6 is 0 Å². The van der Waals surface area contributed by atoms with E-state index in [4.69, 9.17) is 0 Å². The molecule has 0 aliphatic carbocycles. The zero-order valence-electron chi connectivity index (χ0n) is 21.8. The molecule has 1 amide bonds. The van der Waals surface area contributed by atoms with E-state index in [-0.39, 0.29) is 31.5 Å². The average molecular weight is 522 g/mol. The fraction of sp³-hybridized carbons (Fsp3) is 0.290. The molecule has 198 valence electrons. The number of hydrogen-bond donors (Lipinski definition) is 1. The van der Waals surface area contributed by atoms with Gasteiger partial charge in [-0.1, -0.05) is 60.7 Å². The van der Waals surface area contributed by atoms with Gasteiger partial charge in [-0.05, 0) is 42.2 Å². The lowest BCUT2D eigenvalue weighted by Gasteiger charge is -2.32. The number of rotatable bonds is 8. The van der Waals surface area contributed by atoms with Gasteiger partial charge in [0.2, 0.25) is 5.91 Å². The minimum Gasteiger partial charge on any atom is -0.353 e. The van der Waals surface area contributed by atoms with Crippen LogP contribution in [0.4, 0.5) is 0 Å². The lowest BCUT2D eigenvalue weighted by molar-refractivity contribution is -0.122. The Balaban J connectivity index is 1.27. The third-order valence-electron chi connectivity index (χ3n) is 7.36. The van der Waals surface area contributed by atoms with Crippen LogP contribution in [0.5, 0.6) is 0 Å². The Hall–Kier alpha value is -4.48. The fourth-order valence-electron chi connectivity index (χ4n) is 5.25. The first-order valence-corrected chi connectivity index (χ1v) is 13.3. The maximum absolute atomic E-state index is 13.5. The highest BCUT2D eigenvalue weighted by Crippen LogP contribution is 2.15. The lowest BCUT2D eigenvalue weighted by atomic mass is 10.0. The van der Waals surface area contributed by atoms with Crippen LogP contribution in [0.25, 0.3) is 10.9 Å². The SMILES string of the molecule is N#Cc1ccccc1Cn1c(=O)n(CCC(=O)NC2CCN(Cc3ccccc3)CC2)c(=O)c2ccccc21. The van der Waals surface area contributed by atoms with Crippen LogP contribution in [0.3, 0.4) is 0 Å². The van der Waals surface area contributed by atoms with Crippen LogP contribution < -0.4 is 16.6 Å². The van der Waals surface area contributed by atoms with Crippen LogP contribution in [-0.4, -0.2) is 39.1 Å². The van der Waals surface area contributed by atoms with E-state index in [1.807, 2.05) is 24.3 Å². The monoisotopic (exact) mass is 521 g/mol. The molecule has 5 rings (SSSR count). The molecule has 39 heavy (non-hydrogen) atoms. The highest BCUT2D eigenvalue weighted by Gasteiger charge is 2.21. The highest BCUT2D eigenvalue weighted by atomic mass is 16.2. The summed E-state index contributed by atoms with van der Waals surface area (Å²) in [7, 11) is 0. The molecule has 0 spiro atoms. The molecule has 2 heterocycles. The first kappa shape index (κ1) is 26.1. The minimum absolute atomic E-state index is 0.0128. The normalized spacial score (nSPS) is 14.2. The molecule has 1 aliphatic rings. The maximum Gasteiger partial charge on any atom is 0.331 e. The van der Waals surface area contributed by atoms with Crippen molar-refractivity contribution in [3.8, 4) is 6.07 Å². The van der Waals surface area contributed by atoms with Gasteiger partial charge in [0, 0.05) is 38.6 Å². The topological polar surface area (TPSA) is 100 Å². The Kier molecular flexibility index (Phi) is 7.99. The number of piperidine rings is 1. The summed E-state index contributed by atoms with van der Waals surface area (Å²) >= 11 is 0. The van der Waals surface area contributed by atoms with Crippen LogP contribution in [0.15, 0.2) is 88.5 Å². The molecule has 8 heteroatoms. The summed E-state index contributed by atoms with van der Waals surface area (Å²) in [5.41, 5.74) is 2.04. The van der Waals surface area contributed by atoms with Crippen molar-refractivity contribution in [3.05, 3.63) is 116 Å². The van der Waals surface area contributed by atoms with E-state index in [9.17, 15) is 19.6 Å². The summed E-state index contributed by atoms with van der Waals surface area (Å²) in [6, 6.07) is 26.6. The molecule has 1 fully saturated rings. The summed E-state index contributed by atoms with van der Waals surface area (Å²) in [6.45, 7) is 2.84. The second kappa shape index (κ2) is 11.9. The summed E-state index contributed by atoms with van der Waals surface area (Å²) in [6.07, 6.45) is 1.76. The Labute approximate surface area is 226 Å². The number of nitriles is 1. The fourth-order valence-corrected chi connectivity index (χ4v) is 5.25.